The molecular weight excluding hydrogens is 362 g/mol. The van der Waals surface area contributed by atoms with Crippen molar-refractivity contribution < 1.29 is 9.47 Å². The first kappa shape index (κ1) is 18.7. The first-order valence-corrected chi connectivity index (χ1v) is 9.49. The van der Waals surface area contributed by atoms with Crippen molar-refractivity contribution in [3.05, 3.63) is 90.0 Å². The summed E-state index contributed by atoms with van der Waals surface area (Å²) in [7, 11) is 3.33. The Bertz CT molecular complexity index is 945. The van der Waals surface area contributed by atoms with Crippen LogP contribution in [0.5, 0.6) is 11.5 Å². The molecule has 0 bridgehead atoms. The minimum atomic E-state index is 0.666. The molecule has 3 aromatic rings. The highest BCUT2D eigenvalue weighted by Crippen LogP contribution is 2.21. The van der Waals surface area contributed by atoms with Gasteiger partial charge in [0.15, 0.2) is 0 Å². The second-order valence-corrected chi connectivity index (χ2v) is 6.74. The van der Waals surface area contributed by atoms with Crippen molar-refractivity contribution in [2.75, 3.05) is 32.2 Å². The average Bonchev–Trinajstić information content (AvgIpc) is 3.03. The fraction of sp³-hybridized carbons (Fsp3) is 0.167. The van der Waals surface area contributed by atoms with Crippen LogP contribution in [0.25, 0.3) is 0 Å². The minimum absolute atomic E-state index is 0.666. The van der Waals surface area contributed by atoms with Gasteiger partial charge in [-0.3, -0.25) is 0 Å². The summed E-state index contributed by atoms with van der Waals surface area (Å²) in [5, 5.41) is 9.23. The zero-order chi connectivity index (χ0) is 20.1. The van der Waals surface area contributed by atoms with E-state index in [1.165, 1.54) is 0 Å². The van der Waals surface area contributed by atoms with E-state index in [0.29, 0.717) is 13.1 Å². The summed E-state index contributed by atoms with van der Waals surface area (Å²) in [5.74, 6) is 1.65. The third-order valence-corrected chi connectivity index (χ3v) is 4.94. The van der Waals surface area contributed by atoms with E-state index in [1.807, 2.05) is 54.6 Å². The number of anilines is 1. The quantitative estimate of drug-likeness (QED) is 0.653. The SMILES string of the molecule is COc1ccc(C2=NN=C(c3ccc(OC)cc3)CN(c3ccccc3)C2)cc1. The molecule has 5 nitrogen and oxygen atoms in total. The molecule has 0 atom stereocenters. The fourth-order valence-corrected chi connectivity index (χ4v) is 3.29. The summed E-state index contributed by atoms with van der Waals surface area (Å²) in [5.41, 5.74) is 5.04. The third kappa shape index (κ3) is 4.29. The van der Waals surface area contributed by atoms with Crippen molar-refractivity contribution in [2.45, 2.75) is 0 Å². The van der Waals surface area contributed by atoms with E-state index in [9.17, 15) is 0 Å². The number of rotatable bonds is 5. The molecule has 1 aliphatic rings. The molecule has 5 heteroatoms. The Labute approximate surface area is 170 Å². The largest absolute Gasteiger partial charge is 0.497 e. The number of nitrogens with zero attached hydrogens (tertiary/aromatic N) is 3. The highest BCUT2D eigenvalue weighted by atomic mass is 16.5. The molecule has 0 spiro atoms. The molecule has 1 aliphatic heterocycles. The van der Waals surface area contributed by atoms with Crippen molar-refractivity contribution in [3.8, 4) is 11.5 Å². The van der Waals surface area contributed by atoms with Crippen molar-refractivity contribution in [1.29, 1.82) is 0 Å². The molecule has 0 N–H and O–H groups in total. The monoisotopic (exact) mass is 385 g/mol. The lowest BCUT2D eigenvalue weighted by molar-refractivity contribution is 0.414. The molecule has 3 aromatic carbocycles. The topological polar surface area (TPSA) is 46.4 Å². The first-order chi connectivity index (χ1) is 14.3. The molecule has 29 heavy (non-hydrogen) atoms. The van der Waals surface area contributed by atoms with Crippen LogP contribution in [0.15, 0.2) is 89.1 Å². The van der Waals surface area contributed by atoms with E-state index < -0.39 is 0 Å². The Hall–Kier alpha value is -3.60. The summed E-state index contributed by atoms with van der Waals surface area (Å²) in [6.07, 6.45) is 0. The normalized spacial score (nSPS) is 13.9. The summed E-state index contributed by atoms with van der Waals surface area (Å²) in [6.45, 7) is 1.33. The maximum absolute atomic E-state index is 5.28. The summed E-state index contributed by atoms with van der Waals surface area (Å²) in [6, 6.07) is 26.2. The van der Waals surface area contributed by atoms with E-state index in [2.05, 4.69) is 39.4 Å². The zero-order valence-corrected chi connectivity index (χ0v) is 16.6. The Balaban J connectivity index is 1.72. The van der Waals surface area contributed by atoms with Gasteiger partial charge in [0.1, 0.15) is 11.5 Å². The average molecular weight is 385 g/mol. The summed E-state index contributed by atoms with van der Waals surface area (Å²) < 4.78 is 10.6. The van der Waals surface area contributed by atoms with Gasteiger partial charge in [0.05, 0.1) is 38.7 Å². The molecule has 0 aromatic heterocycles. The van der Waals surface area contributed by atoms with Gasteiger partial charge in [-0.1, -0.05) is 18.2 Å². The molecule has 0 aliphatic carbocycles. The number of para-hydroxylation sites is 1. The van der Waals surface area contributed by atoms with Gasteiger partial charge in [0.2, 0.25) is 0 Å². The Morgan fingerprint density at radius 1 is 0.621 bits per heavy atom. The molecule has 0 radical (unpaired) electrons. The zero-order valence-electron chi connectivity index (χ0n) is 16.6. The number of benzene rings is 3. The van der Waals surface area contributed by atoms with Gasteiger partial charge in [-0.2, -0.15) is 10.2 Å². The Kier molecular flexibility index (Phi) is 5.56. The molecular formula is C24H23N3O2. The van der Waals surface area contributed by atoms with Crippen LogP contribution in [-0.2, 0) is 0 Å². The van der Waals surface area contributed by atoms with Gasteiger partial charge in [-0.05, 0) is 71.8 Å². The van der Waals surface area contributed by atoms with Crippen LogP contribution in [0.4, 0.5) is 5.69 Å². The molecule has 0 amide bonds. The van der Waals surface area contributed by atoms with Crippen molar-refractivity contribution in [2.24, 2.45) is 10.2 Å². The lowest BCUT2D eigenvalue weighted by Crippen LogP contribution is -2.33. The van der Waals surface area contributed by atoms with E-state index in [0.717, 1.165) is 39.7 Å². The van der Waals surface area contributed by atoms with Gasteiger partial charge in [0, 0.05) is 5.69 Å². The highest BCUT2D eigenvalue weighted by molar-refractivity contribution is 6.09. The molecule has 0 unspecified atom stereocenters. The van der Waals surface area contributed by atoms with Crippen LogP contribution in [0.1, 0.15) is 11.1 Å². The van der Waals surface area contributed by atoms with Crippen LogP contribution >= 0.6 is 0 Å². The molecule has 146 valence electrons. The van der Waals surface area contributed by atoms with E-state index >= 15 is 0 Å². The lowest BCUT2D eigenvalue weighted by Gasteiger charge is -2.24. The molecule has 0 saturated carbocycles. The molecule has 0 saturated heterocycles. The van der Waals surface area contributed by atoms with Crippen LogP contribution in [-0.4, -0.2) is 38.7 Å². The lowest BCUT2D eigenvalue weighted by atomic mass is 10.1. The van der Waals surface area contributed by atoms with Crippen molar-refractivity contribution in [1.82, 2.24) is 0 Å². The number of ether oxygens (including phenoxy) is 2. The van der Waals surface area contributed by atoms with Gasteiger partial charge in [-0.15, -0.1) is 0 Å². The van der Waals surface area contributed by atoms with Crippen LogP contribution in [0, 0.1) is 0 Å². The fourth-order valence-electron chi connectivity index (χ4n) is 3.29. The van der Waals surface area contributed by atoms with Crippen LogP contribution in [0.2, 0.25) is 0 Å². The van der Waals surface area contributed by atoms with Gasteiger partial charge >= 0.3 is 0 Å². The number of hydrogen-bond donors (Lipinski definition) is 0. The summed E-state index contributed by atoms with van der Waals surface area (Å²) in [4.78, 5) is 2.29. The van der Waals surface area contributed by atoms with Crippen molar-refractivity contribution >= 4 is 17.1 Å². The first-order valence-electron chi connectivity index (χ1n) is 9.49. The number of methoxy groups -OCH3 is 2. The maximum atomic E-state index is 5.28. The van der Waals surface area contributed by atoms with Gasteiger partial charge in [-0.25, -0.2) is 0 Å². The van der Waals surface area contributed by atoms with Crippen molar-refractivity contribution in [3.63, 3.8) is 0 Å². The highest BCUT2D eigenvalue weighted by Gasteiger charge is 2.19. The minimum Gasteiger partial charge on any atom is -0.497 e. The molecule has 0 fully saturated rings. The summed E-state index contributed by atoms with van der Waals surface area (Å²) >= 11 is 0. The maximum Gasteiger partial charge on any atom is 0.118 e. The second-order valence-electron chi connectivity index (χ2n) is 6.74. The van der Waals surface area contributed by atoms with Crippen LogP contribution in [0.3, 0.4) is 0 Å². The number of hydrogen-bond acceptors (Lipinski definition) is 5. The predicted octanol–water partition coefficient (Wildman–Crippen LogP) is 4.42. The second kappa shape index (κ2) is 8.61. The molecule has 4 rings (SSSR count). The van der Waals surface area contributed by atoms with E-state index in [4.69, 9.17) is 9.47 Å². The predicted molar refractivity (Wildman–Crippen MR) is 118 cm³/mol. The molecule has 1 heterocycles. The smallest absolute Gasteiger partial charge is 0.118 e. The Morgan fingerprint density at radius 2 is 1.07 bits per heavy atom. The van der Waals surface area contributed by atoms with Gasteiger partial charge < -0.3 is 14.4 Å². The van der Waals surface area contributed by atoms with Gasteiger partial charge in [0.25, 0.3) is 0 Å². The van der Waals surface area contributed by atoms with Crippen LogP contribution < -0.4 is 14.4 Å². The van der Waals surface area contributed by atoms with E-state index in [1.54, 1.807) is 14.2 Å². The van der Waals surface area contributed by atoms with E-state index in [-0.39, 0.29) is 0 Å². The third-order valence-electron chi connectivity index (χ3n) is 4.94. The standard InChI is InChI=1S/C24H23N3O2/c1-28-21-12-8-18(9-13-21)23-16-27(20-6-4-3-5-7-20)17-24(26-25-23)19-10-14-22(29-2)15-11-19/h3-15H,16-17H2,1-2H3. The Morgan fingerprint density at radius 3 is 1.48 bits per heavy atom.